The van der Waals surface area contributed by atoms with E-state index in [-0.39, 0.29) is 0 Å². The van der Waals surface area contributed by atoms with Crippen molar-refractivity contribution in [1.29, 1.82) is 0 Å². The summed E-state index contributed by atoms with van der Waals surface area (Å²) >= 11 is 3.17. The fourth-order valence-corrected chi connectivity index (χ4v) is 2.23. The first-order chi connectivity index (χ1) is 8.62. The Kier molecular flexibility index (Phi) is 3.36. The summed E-state index contributed by atoms with van der Waals surface area (Å²) in [7, 11) is 0. The first kappa shape index (κ1) is 14.3. The van der Waals surface area contributed by atoms with Gasteiger partial charge >= 0.3 is 12.1 Å². The summed E-state index contributed by atoms with van der Waals surface area (Å²) in [5.41, 5.74) is 0.997. The number of hydrogen-bond donors (Lipinski definition) is 0. The molecule has 0 saturated carbocycles. The summed E-state index contributed by atoms with van der Waals surface area (Å²) < 4.78 is 64.4. The molecule has 2 aromatic rings. The van der Waals surface area contributed by atoms with Gasteiger partial charge in [-0.2, -0.15) is 22.0 Å². The van der Waals surface area contributed by atoms with Crippen molar-refractivity contribution in [3.8, 4) is 0 Å². The zero-order chi connectivity index (χ0) is 14.4. The van der Waals surface area contributed by atoms with Gasteiger partial charge in [-0.25, -0.2) is 0 Å². The summed E-state index contributed by atoms with van der Waals surface area (Å²) in [6, 6.07) is 4.91. The van der Waals surface area contributed by atoms with Gasteiger partial charge in [0.05, 0.1) is 6.54 Å². The van der Waals surface area contributed by atoms with Gasteiger partial charge in [-0.15, -0.1) is 0 Å². The molecule has 19 heavy (non-hydrogen) atoms. The van der Waals surface area contributed by atoms with Crippen molar-refractivity contribution in [2.45, 2.75) is 25.6 Å². The lowest BCUT2D eigenvalue weighted by Crippen LogP contribution is -2.40. The molecule has 1 aromatic heterocycles. The Balaban J connectivity index is 2.49. The second-order valence-corrected chi connectivity index (χ2v) is 5.22. The third-order valence-corrected chi connectivity index (χ3v) is 3.32. The Morgan fingerprint density at radius 1 is 1.16 bits per heavy atom. The van der Waals surface area contributed by atoms with E-state index >= 15 is 0 Å². The number of nitrogens with zero attached hydrogens (tertiary/aromatic N) is 1. The van der Waals surface area contributed by atoms with Crippen LogP contribution in [0.1, 0.15) is 5.56 Å². The molecule has 2 rings (SSSR count). The number of alkyl halides is 5. The largest absolute Gasteiger partial charge is 0.455 e. The van der Waals surface area contributed by atoms with Crippen LogP contribution in [0.3, 0.4) is 0 Å². The molecule has 0 aliphatic carbocycles. The summed E-state index contributed by atoms with van der Waals surface area (Å²) in [5, 5.41) is 0.654. The van der Waals surface area contributed by atoms with Crippen LogP contribution >= 0.6 is 15.9 Å². The molecular formula is C12H9BrF5N. The number of aryl methyl sites for hydroxylation is 1. The van der Waals surface area contributed by atoms with Crippen LogP contribution in [0.15, 0.2) is 28.9 Å². The average molecular weight is 342 g/mol. The average Bonchev–Trinajstić information content (AvgIpc) is 2.53. The summed E-state index contributed by atoms with van der Waals surface area (Å²) in [5.74, 6) is -4.76. The lowest BCUT2D eigenvalue weighted by molar-refractivity contribution is -0.286. The molecule has 0 radical (unpaired) electrons. The number of rotatable bonds is 2. The molecule has 1 aromatic carbocycles. The smallest absolute Gasteiger partial charge is 0.341 e. The molecule has 104 valence electrons. The van der Waals surface area contributed by atoms with Crippen molar-refractivity contribution in [3.63, 3.8) is 0 Å². The highest BCUT2D eigenvalue weighted by Gasteiger charge is 2.57. The maximum absolute atomic E-state index is 13.1. The first-order valence-corrected chi connectivity index (χ1v) is 6.11. The normalized spacial score (nSPS) is 13.2. The van der Waals surface area contributed by atoms with Gasteiger partial charge in [-0.05, 0) is 24.6 Å². The highest BCUT2D eigenvalue weighted by atomic mass is 79.9. The summed E-state index contributed by atoms with van der Waals surface area (Å²) in [4.78, 5) is 0. The molecule has 1 nitrogen and oxygen atoms in total. The van der Waals surface area contributed by atoms with Crippen molar-refractivity contribution in [2.75, 3.05) is 0 Å². The quantitative estimate of drug-likeness (QED) is 0.684. The van der Waals surface area contributed by atoms with Gasteiger partial charge in [-0.1, -0.05) is 22.0 Å². The standard InChI is InChI=1S/C12H9BrF5N/c1-7-5-19(6-11(14,15)12(16,17)18)10-4-8(13)2-3-9(7)10/h2-5H,6H2,1H3. The topological polar surface area (TPSA) is 4.93 Å². The van der Waals surface area contributed by atoms with E-state index in [0.29, 0.717) is 20.9 Å². The van der Waals surface area contributed by atoms with Gasteiger partial charge in [0.1, 0.15) is 0 Å². The van der Waals surface area contributed by atoms with Crippen LogP contribution in [-0.2, 0) is 6.54 Å². The van der Waals surface area contributed by atoms with E-state index in [0.717, 1.165) is 4.57 Å². The molecule has 0 bridgehead atoms. The monoisotopic (exact) mass is 341 g/mol. The van der Waals surface area contributed by atoms with Crippen LogP contribution in [0.25, 0.3) is 10.9 Å². The predicted molar refractivity (Wildman–Crippen MR) is 65.4 cm³/mol. The molecule has 0 fully saturated rings. The van der Waals surface area contributed by atoms with E-state index in [2.05, 4.69) is 15.9 Å². The van der Waals surface area contributed by atoms with Crippen LogP contribution < -0.4 is 0 Å². The highest BCUT2D eigenvalue weighted by molar-refractivity contribution is 9.10. The second kappa shape index (κ2) is 4.47. The van der Waals surface area contributed by atoms with Crippen molar-refractivity contribution in [3.05, 3.63) is 34.4 Å². The molecule has 0 atom stereocenters. The lowest BCUT2D eigenvalue weighted by Gasteiger charge is -2.20. The molecule has 0 spiro atoms. The summed E-state index contributed by atoms with van der Waals surface area (Å²) in [6.07, 6.45) is -4.25. The van der Waals surface area contributed by atoms with E-state index in [1.54, 1.807) is 19.1 Å². The van der Waals surface area contributed by atoms with Gasteiger partial charge in [0, 0.05) is 21.6 Å². The third kappa shape index (κ3) is 2.61. The molecule has 0 aliphatic rings. The molecule has 7 heteroatoms. The molecule has 0 N–H and O–H groups in total. The van der Waals surface area contributed by atoms with E-state index in [4.69, 9.17) is 0 Å². The molecular weight excluding hydrogens is 333 g/mol. The Morgan fingerprint density at radius 2 is 1.79 bits per heavy atom. The van der Waals surface area contributed by atoms with Crippen molar-refractivity contribution in [1.82, 2.24) is 4.57 Å². The Labute approximate surface area is 114 Å². The van der Waals surface area contributed by atoms with E-state index in [1.165, 1.54) is 12.3 Å². The Morgan fingerprint density at radius 3 is 2.37 bits per heavy atom. The molecule has 0 aliphatic heterocycles. The van der Waals surface area contributed by atoms with Crippen LogP contribution in [-0.4, -0.2) is 16.7 Å². The Hall–Kier alpha value is -1.11. The maximum atomic E-state index is 13.1. The zero-order valence-electron chi connectivity index (χ0n) is 9.73. The lowest BCUT2D eigenvalue weighted by atomic mass is 10.2. The van der Waals surface area contributed by atoms with Crippen molar-refractivity contribution < 1.29 is 22.0 Å². The van der Waals surface area contributed by atoms with Gasteiger partial charge in [0.2, 0.25) is 0 Å². The van der Waals surface area contributed by atoms with Crippen LogP contribution in [0, 0.1) is 6.92 Å². The highest BCUT2D eigenvalue weighted by Crippen LogP contribution is 2.38. The number of hydrogen-bond acceptors (Lipinski definition) is 0. The molecule has 1 heterocycles. The van der Waals surface area contributed by atoms with E-state index < -0.39 is 18.6 Å². The van der Waals surface area contributed by atoms with Gasteiger partial charge in [-0.3, -0.25) is 0 Å². The minimum absolute atomic E-state index is 0.343. The molecule has 0 unspecified atom stereocenters. The van der Waals surface area contributed by atoms with Crippen LogP contribution in [0.5, 0.6) is 0 Å². The molecule has 0 amide bonds. The minimum Gasteiger partial charge on any atom is -0.341 e. The van der Waals surface area contributed by atoms with Crippen molar-refractivity contribution >= 4 is 26.8 Å². The SMILES string of the molecule is Cc1cn(CC(F)(F)C(F)(F)F)c2cc(Br)ccc12. The first-order valence-electron chi connectivity index (χ1n) is 5.31. The van der Waals surface area contributed by atoms with Gasteiger partial charge in [0.25, 0.3) is 0 Å². The molecule has 0 saturated heterocycles. The fraction of sp³-hybridized carbons (Fsp3) is 0.333. The third-order valence-electron chi connectivity index (χ3n) is 2.83. The van der Waals surface area contributed by atoms with Crippen LogP contribution in [0.4, 0.5) is 22.0 Å². The zero-order valence-corrected chi connectivity index (χ0v) is 11.3. The predicted octanol–water partition coefficient (Wildman–Crippen LogP) is 4.91. The second-order valence-electron chi connectivity index (χ2n) is 4.30. The number of aromatic nitrogens is 1. The number of benzene rings is 1. The fourth-order valence-electron chi connectivity index (χ4n) is 1.88. The number of halogens is 6. The van der Waals surface area contributed by atoms with Gasteiger partial charge in [0.15, 0.2) is 0 Å². The maximum Gasteiger partial charge on any atom is 0.455 e. The van der Waals surface area contributed by atoms with Crippen molar-refractivity contribution in [2.24, 2.45) is 0 Å². The number of fused-ring (bicyclic) bond motifs is 1. The van der Waals surface area contributed by atoms with Gasteiger partial charge < -0.3 is 4.57 Å². The summed E-state index contributed by atoms with van der Waals surface area (Å²) in [6.45, 7) is 0.246. The van der Waals surface area contributed by atoms with E-state index in [9.17, 15) is 22.0 Å². The minimum atomic E-state index is -5.55. The van der Waals surface area contributed by atoms with Crippen LogP contribution in [0.2, 0.25) is 0 Å². The Bertz CT molecular complexity index is 614. The van der Waals surface area contributed by atoms with E-state index in [1.807, 2.05) is 0 Å².